The summed E-state index contributed by atoms with van der Waals surface area (Å²) >= 11 is 1.66. The van der Waals surface area contributed by atoms with Gasteiger partial charge in [-0.1, -0.05) is 18.2 Å². The maximum absolute atomic E-state index is 12.9. The van der Waals surface area contributed by atoms with Crippen molar-refractivity contribution in [1.82, 2.24) is 9.80 Å². The van der Waals surface area contributed by atoms with Gasteiger partial charge in [0.15, 0.2) is 0 Å². The molecule has 1 aromatic heterocycles. The normalized spacial score (nSPS) is 19.0. The number of nitrogens with one attached hydrogen (secondary N) is 1. The molecule has 1 atom stereocenters. The summed E-state index contributed by atoms with van der Waals surface area (Å²) < 4.78 is 5.74. The van der Waals surface area contributed by atoms with Gasteiger partial charge in [0.2, 0.25) is 5.91 Å². The number of anilines is 1. The Hall–Kier alpha value is -2.38. The molecular formula is C22H27N3O3S. The molecule has 0 aliphatic carbocycles. The van der Waals surface area contributed by atoms with Crippen molar-refractivity contribution in [2.24, 2.45) is 0 Å². The molecule has 3 amide bonds. The average molecular weight is 414 g/mol. The highest BCUT2D eigenvalue weighted by atomic mass is 32.1. The summed E-state index contributed by atoms with van der Waals surface area (Å²) in [5.41, 5.74) is 1.84. The van der Waals surface area contributed by atoms with Crippen molar-refractivity contribution in [2.75, 3.05) is 25.0 Å². The summed E-state index contributed by atoms with van der Waals surface area (Å²) in [6.07, 6.45) is 3.76. The average Bonchev–Trinajstić information content (AvgIpc) is 3.48. The van der Waals surface area contributed by atoms with Crippen molar-refractivity contribution in [3.05, 3.63) is 52.2 Å². The van der Waals surface area contributed by atoms with Crippen LogP contribution in [0.1, 0.15) is 36.1 Å². The zero-order chi connectivity index (χ0) is 20.1. The van der Waals surface area contributed by atoms with E-state index in [0.29, 0.717) is 26.1 Å². The van der Waals surface area contributed by atoms with E-state index in [0.717, 1.165) is 48.5 Å². The number of likely N-dealkylation sites (tertiary alicyclic amines) is 1. The van der Waals surface area contributed by atoms with E-state index in [-0.39, 0.29) is 18.0 Å². The van der Waals surface area contributed by atoms with E-state index in [1.807, 2.05) is 45.5 Å². The second-order valence-corrected chi connectivity index (χ2v) is 8.67. The fourth-order valence-corrected chi connectivity index (χ4v) is 4.55. The molecule has 1 N–H and O–H groups in total. The van der Waals surface area contributed by atoms with E-state index in [4.69, 9.17) is 4.74 Å². The standard InChI is InChI=1S/C22H27N3O3S/c26-21-6-1-11-24(21)14-17-7-9-18(10-8-17)23-22(27)25(15-19-4-2-12-28-19)16-20-5-3-13-29-20/h3,5,7-10,13,19H,1-2,4,6,11-12,14-16H2,(H,23,27). The van der Waals surface area contributed by atoms with Gasteiger partial charge >= 0.3 is 6.03 Å². The van der Waals surface area contributed by atoms with Gasteiger partial charge in [-0.25, -0.2) is 4.79 Å². The van der Waals surface area contributed by atoms with Crippen LogP contribution in [0, 0.1) is 0 Å². The molecule has 2 fully saturated rings. The number of benzene rings is 1. The first-order chi connectivity index (χ1) is 14.2. The highest BCUT2D eigenvalue weighted by Gasteiger charge is 2.23. The van der Waals surface area contributed by atoms with E-state index in [9.17, 15) is 9.59 Å². The Morgan fingerprint density at radius 3 is 2.76 bits per heavy atom. The van der Waals surface area contributed by atoms with Gasteiger partial charge in [-0.3, -0.25) is 4.79 Å². The number of rotatable bonds is 7. The number of hydrogen-bond acceptors (Lipinski definition) is 4. The molecule has 0 spiro atoms. The topological polar surface area (TPSA) is 61.9 Å². The second-order valence-electron chi connectivity index (χ2n) is 7.64. The molecule has 2 aliphatic rings. The first-order valence-corrected chi connectivity index (χ1v) is 11.1. The molecule has 1 aromatic carbocycles. The van der Waals surface area contributed by atoms with Crippen LogP contribution in [-0.4, -0.2) is 47.5 Å². The lowest BCUT2D eigenvalue weighted by molar-refractivity contribution is -0.128. The lowest BCUT2D eigenvalue weighted by atomic mass is 10.2. The molecule has 6 nitrogen and oxygen atoms in total. The molecule has 2 aromatic rings. The second kappa shape index (κ2) is 9.41. The van der Waals surface area contributed by atoms with E-state index in [2.05, 4.69) is 11.4 Å². The molecule has 29 heavy (non-hydrogen) atoms. The number of amides is 3. The van der Waals surface area contributed by atoms with Gasteiger partial charge in [0.05, 0.1) is 12.6 Å². The van der Waals surface area contributed by atoms with Gasteiger partial charge in [-0.2, -0.15) is 0 Å². The highest BCUT2D eigenvalue weighted by Crippen LogP contribution is 2.20. The van der Waals surface area contributed by atoms with Crippen LogP contribution in [0.5, 0.6) is 0 Å². The predicted molar refractivity (Wildman–Crippen MR) is 114 cm³/mol. The number of hydrogen-bond donors (Lipinski definition) is 1. The molecule has 154 valence electrons. The first kappa shape index (κ1) is 19.9. The van der Waals surface area contributed by atoms with Crippen LogP contribution in [0.15, 0.2) is 41.8 Å². The summed E-state index contributed by atoms with van der Waals surface area (Å²) in [5, 5.41) is 5.04. The molecule has 2 saturated heterocycles. The van der Waals surface area contributed by atoms with Crippen molar-refractivity contribution in [1.29, 1.82) is 0 Å². The van der Waals surface area contributed by atoms with E-state index in [1.54, 1.807) is 11.3 Å². The third kappa shape index (κ3) is 5.36. The fraction of sp³-hybridized carbons (Fsp3) is 0.455. The largest absolute Gasteiger partial charge is 0.376 e. The van der Waals surface area contributed by atoms with Gasteiger partial charge in [-0.05, 0) is 48.4 Å². The Kier molecular flexibility index (Phi) is 6.46. The van der Waals surface area contributed by atoms with Crippen molar-refractivity contribution < 1.29 is 14.3 Å². The summed E-state index contributed by atoms with van der Waals surface area (Å²) in [6, 6.07) is 11.7. The number of nitrogens with zero attached hydrogens (tertiary/aromatic N) is 2. The third-order valence-corrected chi connectivity index (χ3v) is 6.27. The molecule has 0 saturated carbocycles. The van der Waals surface area contributed by atoms with E-state index < -0.39 is 0 Å². The monoisotopic (exact) mass is 413 g/mol. The lowest BCUT2D eigenvalue weighted by Crippen LogP contribution is -2.39. The first-order valence-electron chi connectivity index (χ1n) is 10.2. The Morgan fingerprint density at radius 2 is 2.10 bits per heavy atom. The summed E-state index contributed by atoms with van der Waals surface area (Å²) in [7, 11) is 0. The van der Waals surface area contributed by atoms with Crippen LogP contribution in [0.3, 0.4) is 0 Å². The Morgan fingerprint density at radius 1 is 1.24 bits per heavy atom. The van der Waals surface area contributed by atoms with Crippen LogP contribution >= 0.6 is 11.3 Å². The molecule has 0 radical (unpaired) electrons. The predicted octanol–water partition coefficient (Wildman–Crippen LogP) is 4.08. The third-order valence-electron chi connectivity index (χ3n) is 5.41. The Balaban J connectivity index is 1.37. The molecule has 1 unspecified atom stereocenters. The maximum Gasteiger partial charge on any atom is 0.322 e. The van der Waals surface area contributed by atoms with Crippen molar-refractivity contribution >= 4 is 29.0 Å². The summed E-state index contributed by atoms with van der Waals surface area (Å²) in [5.74, 6) is 0.223. The van der Waals surface area contributed by atoms with Crippen LogP contribution in [-0.2, 0) is 22.6 Å². The number of thiophene rings is 1. The van der Waals surface area contributed by atoms with Crippen molar-refractivity contribution in [2.45, 2.75) is 44.9 Å². The zero-order valence-electron chi connectivity index (χ0n) is 16.5. The van der Waals surface area contributed by atoms with Crippen molar-refractivity contribution in [3.63, 3.8) is 0 Å². The highest BCUT2D eigenvalue weighted by molar-refractivity contribution is 7.09. The minimum atomic E-state index is -0.114. The zero-order valence-corrected chi connectivity index (χ0v) is 17.3. The quantitative estimate of drug-likeness (QED) is 0.744. The SMILES string of the molecule is O=C1CCCN1Cc1ccc(NC(=O)N(Cc2cccs2)CC2CCCO2)cc1. The molecular weight excluding hydrogens is 386 g/mol. The van der Waals surface area contributed by atoms with Gasteiger partial charge in [-0.15, -0.1) is 11.3 Å². The molecule has 7 heteroatoms. The van der Waals surface area contributed by atoms with Crippen LogP contribution in [0.2, 0.25) is 0 Å². The van der Waals surface area contributed by atoms with Crippen LogP contribution in [0.25, 0.3) is 0 Å². The maximum atomic E-state index is 12.9. The van der Waals surface area contributed by atoms with Gasteiger partial charge in [0.25, 0.3) is 0 Å². The van der Waals surface area contributed by atoms with Crippen molar-refractivity contribution in [3.8, 4) is 0 Å². The Bertz CT molecular complexity index is 816. The minimum absolute atomic E-state index is 0.112. The number of carbonyl (C=O) groups excluding carboxylic acids is 2. The van der Waals surface area contributed by atoms with Crippen LogP contribution in [0.4, 0.5) is 10.5 Å². The molecule has 4 rings (SSSR count). The van der Waals surface area contributed by atoms with Gasteiger partial charge < -0.3 is 19.9 Å². The molecule has 0 bridgehead atoms. The number of carbonyl (C=O) groups is 2. The van der Waals surface area contributed by atoms with E-state index in [1.165, 1.54) is 0 Å². The Labute approximate surface area is 175 Å². The minimum Gasteiger partial charge on any atom is -0.376 e. The van der Waals surface area contributed by atoms with Gasteiger partial charge in [0.1, 0.15) is 0 Å². The fourth-order valence-electron chi connectivity index (χ4n) is 3.83. The summed E-state index contributed by atoms with van der Waals surface area (Å²) in [6.45, 7) is 3.42. The molecule has 2 aliphatic heterocycles. The lowest BCUT2D eigenvalue weighted by Gasteiger charge is -2.25. The smallest absolute Gasteiger partial charge is 0.322 e. The molecule has 3 heterocycles. The van der Waals surface area contributed by atoms with Gasteiger partial charge in [0, 0.05) is 43.2 Å². The summed E-state index contributed by atoms with van der Waals surface area (Å²) in [4.78, 5) is 29.6. The van der Waals surface area contributed by atoms with Crippen LogP contribution < -0.4 is 5.32 Å². The number of urea groups is 1. The number of ether oxygens (including phenoxy) is 1. The van der Waals surface area contributed by atoms with E-state index >= 15 is 0 Å².